The summed E-state index contributed by atoms with van der Waals surface area (Å²) in [5, 5.41) is 4.22. The molecule has 3 heteroatoms. The van der Waals surface area contributed by atoms with Crippen LogP contribution in [0.15, 0.2) is 36.4 Å². The number of halogens is 1. The minimum Gasteiger partial charge on any atom is -0.379 e. The van der Waals surface area contributed by atoms with Gasteiger partial charge in [-0.25, -0.2) is 0 Å². The summed E-state index contributed by atoms with van der Waals surface area (Å²) in [6.45, 7) is 5.07. The molecule has 0 aliphatic carbocycles. The minimum absolute atomic E-state index is 0.748. The van der Waals surface area contributed by atoms with Crippen LogP contribution in [0.1, 0.15) is 16.7 Å². The van der Waals surface area contributed by atoms with E-state index in [0.717, 1.165) is 22.9 Å². The van der Waals surface area contributed by atoms with Gasteiger partial charge in [-0.1, -0.05) is 29.8 Å². The lowest BCUT2D eigenvalue weighted by atomic mass is 10.1. The van der Waals surface area contributed by atoms with Gasteiger partial charge in [0.05, 0.1) is 11.4 Å². The summed E-state index contributed by atoms with van der Waals surface area (Å²) in [5.41, 5.74) is 6.12. The number of rotatable bonds is 4. The summed E-state index contributed by atoms with van der Waals surface area (Å²) in [6.07, 6.45) is 0. The molecule has 0 aliphatic rings. The summed E-state index contributed by atoms with van der Waals surface area (Å²) in [7, 11) is 4.06. The van der Waals surface area contributed by atoms with E-state index in [1.165, 1.54) is 16.7 Å². The van der Waals surface area contributed by atoms with Gasteiger partial charge in [-0.2, -0.15) is 0 Å². The lowest BCUT2D eigenvalue weighted by molar-refractivity contribution is 1.09. The molecule has 2 aromatic carbocycles. The maximum atomic E-state index is 6.09. The lowest BCUT2D eigenvalue weighted by Crippen LogP contribution is -2.12. The topological polar surface area (TPSA) is 15.3 Å². The standard InChI is InChI=1S/C17H21ClN2/c1-12-5-6-14(9-13(12)2)11-19-16-10-15(18)7-8-17(16)20(3)4/h5-10,19H,11H2,1-4H3. The van der Waals surface area contributed by atoms with Gasteiger partial charge < -0.3 is 10.2 Å². The molecule has 0 saturated carbocycles. The van der Waals surface area contributed by atoms with Crippen LogP contribution in [0.4, 0.5) is 11.4 Å². The smallest absolute Gasteiger partial charge is 0.0597 e. The summed E-state index contributed by atoms with van der Waals surface area (Å²) in [5.74, 6) is 0. The van der Waals surface area contributed by atoms with Crippen molar-refractivity contribution in [3.63, 3.8) is 0 Å². The van der Waals surface area contributed by atoms with Crippen molar-refractivity contribution in [3.8, 4) is 0 Å². The highest BCUT2D eigenvalue weighted by Gasteiger charge is 2.05. The van der Waals surface area contributed by atoms with Gasteiger partial charge in [0.2, 0.25) is 0 Å². The fraction of sp³-hybridized carbons (Fsp3) is 0.294. The van der Waals surface area contributed by atoms with Crippen molar-refractivity contribution in [2.45, 2.75) is 20.4 Å². The molecule has 0 aromatic heterocycles. The Morgan fingerprint density at radius 3 is 2.40 bits per heavy atom. The molecule has 0 atom stereocenters. The largest absolute Gasteiger partial charge is 0.379 e. The molecule has 0 amide bonds. The highest BCUT2D eigenvalue weighted by atomic mass is 35.5. The van der Waals surface area contributed by atoms with Crippen LogP contribution in [-0.2, 0) is 6.54 Å². The SMILES string of the molecule is Cc1ccc(CNc2cc(Cl)ccc2N(C)C)cc1C. The Hall–Kier alpha value is -1.67. The fourth-order valence-electron chi connectivity index (χ4n) is 2.15. The van der Waals surface area contributed by atoms with Crippen LogP contribution in [0.25, 0.3) is 0 Å². The molecule has 0 aliphatic heterocycles. The Labute approximate surface area is 126 Å². The summed E-state index contributed by atoms with van der Waals surface area (Å²) < 4.78 is 0. The van der Waals surface area contributed by atoms with E-state index in [1.54, 1.807) is 0 Å². The molecule has 2 aromatic rings. The molecule has 2 nitrogen and oxygen atoms in total. The number of nitrogens with one attached hydrogen (secondary N) is 1. The van der Waals surface area contributed by atoms with Gasteiger partial charge in [0, 0.05) is 25.7 Å². The zero-order valence-corrected chi connectivity index (χ0v) is 13.3. The van der Waals surface area contributed by atoms with Crippen molar-refractivity contribution in [1.82, 2.24) is 0 Å². The Kier molecular flexibility index (Phi) is 4.56. The summed E-state index contributed by atoms with van der Waals surface area (Å²) in [4.78, 5) is 2.08. The molecule has 0 radical (unpaired) electrons. The highest BCUT2D eigenvalue weighted by Crippen LogP contribution is 2.28. The summed E-state index contributed by atoms with van der Waals surface area (Å²) in [6, 6.07) is 12.5. The minimum atomic E-state index is 0.748. The predicted molar refractivity (Wildman–Crippen MR) is 89.0 cm³/mol. The molecule has 1 N–H and O–H groups in total. The van der Waals surface area contributed by atoms with Crippen molar-refractivity contribution >= 4 is 23.0 Å². The monoisotopic (exact) mass is 288 g/mol. The van der Waals surface area contributed by atoms with Gasteiger partial charge in [0.25, 0.3) is 0 Å². The number of anilines is 2. The zero-order chi connectivity index (χ0) is 14.7. The normalized spacial score (nSPS) is 10.4. The van der Waals surface area contributed by atoms with Gasteiger partial charge in [0.1, 0.15) is 0 Å². The van der Waals surface area contributed by atoms with Gasteiger partial charge in [-0.15, -0.1) is 0 Å². The van der Waals surface area contributed by atoms with Gasteiger partial charge >= 0.3 is 0 Å². The van der Waals surface area contributed by atoms with Crippen LogP contribution in [-0.4, -0.2) is 14.1 Å². The number of benzene rings is 2. The van der Waals surface area contributed by atoms with Crippen molar-refractivity contribution in [3.05, 3.63) is 58.1 Å². The van der Waals surface area contributed by atoms with E-state index in [9.17, 15) is 0 Å². The summed E-state index contributed by atoms with van der Waals surface area (Å²) >= 11 is 6.09. The van der Waals surface area contributed by atoms with E-state index in [2.05, 4.69) is 42.3 Å². The molecular weight excluding hydrogens is 268 g/mol. The number of aryl methyl sites for hydroxylation is 2. The van der Waals surface area contributed by atoms with Crippen molar-refractivity contribution in [2.75, 3.05) is 24.3 Å². The van der Waals surface area contributed by atoms with Crippen LogP contribution in [0.5, 0.6) is 0 Å². The first kappa shape index (κ1) is 14.7. The fourth-order valence-corrected chi connectivity index (χ4v) is 2.32. The first-order chi connectivity index (χ1) is 9.47. The van der Waals surface area contributed by atoms with E-state index < -0.39 is 0 Å². The van der Waals surface area contributed by atoms with Crippen LogP contribution >= 0.6 is 11.6 Å². The van der Waals surface area contributed by atoms with Crippen LogP contribution in [0.2, 0.25) is 5.02 Å². The molecule has 0 spiro atoms. The Balaban J connectivity index is 2.17. The van der Waals surface area contributed by atoms with Gasteiger partial charge in [0.15, 0.2) is 0 Å². The second-order valence-electron chi connectivity index (χ2n) is 5.33. The number of hydrogen-bond acceptors (Lipinski definition) is 2. The maximum Gasteiger partial charge on any atom is 0.0597 e. The third-order valence-electron chi connectivity index (χ3n) is 3.49. The van der Waals surface area contributed by atoms with Crippen molar-refractivity contribution in [1.29, 1.82) is 0 Å². The number of hydrogen-bond donors (Lipinski definition) is 1. The van der Waals surface area contributed by atoms with Crippen molar-refractivity contribution in [2.24, 2.45) is 0 Å². The average Bonchev–Trinajstić information content (AvgIpc) is 2.40. The van der Waals surface area contributed by atoms with E-state index in [4.69, 9.17) is 11.6 Å². The van der Waals surface area contributed by atoms with E-state index >= 15 is 0 Å². The molecular formula is C17H21ClN2. The molecule has 0 fully saturated rings. The predicted octanol–water partition coefficient (Wildman–Crippen LogP) is 4.63. The van der Waals surface area contributed by atoms with Crippen LogP contribution in [0.3, 0.4) is 0 Å². The average molecular weight is 289 g/mol. The second kappa shape index (κ2) is 6.19. The zero-order valence-electron chi connectivity index (χ0n) is 12.5. The quantitative estimate of drug-likeness (QED) is 0.882. The van der Waals surface area contributed by atoms with Crippen LogP contribution in [0, 0.1) is 13.8 Å². The van der Waals surface area contributed by atoms with Gasteiger partial charge in [-0.3, -0.25) is 0 Å². The third kappa shape index (κ3) is 3.45. The highest BCUT2D eigenvalue weighted by molar-refractivity contribution is 6.31. The third-order valence-corrected chi connectivity index (χ3v) is 3.73. The molecule has 0 saturated heterocycles. The number of nitrogens with zero attached hydrogens (tertiary/aromatic N) is 1. The maximum absolute atomic E-state index is 6.09. The van der Waals surface area contributed by atoms with E-state index in [-0.39, 0.29) is 0 Å². The first-order valence-electron chi connectivity index (χ1n) is 6.74. The van der Waals surface area contributed by atoms with E-state index in [1.807, 2.05) is 32.3 Å². The molecule has 0 heterocycles. The molecule has 0 bridgehead atoms. The Morgan fingerprint density at radius 1 is 1.00 bits per heavy atom. The Morgan fingerprint density at radius 2 is 1.75 bits per heavy atom. The molecule has 106 valence electrons. The second-order valence-corrected chi connectivity index (χ2v) is 5.76. The lowest BCUT2D eigenvalue weighted by Gasteiger charge is -2.19. The van der Waals surface area contributed by atoms with Gasteiger partial charge in [-0.05, 0) is 48.7 Å². The van der Waals surface area contributed by atoms with Crippen molar-refractivity contribution < 1.29 is 0 Å². The van der Waals surface area contributed by atoms with Crippen LogP contribution < -0.4 is 10.2 Å². The molecule has 0 unspecified atom stereocenters. The molecule has 20 heavy (non-hydrogen) atoms. The molecule has 2 rings (SSSR count). The van der Waals surface area contributed by atoms with E-state index in [0.29, 0.717) is 0 Å². The Bertz CT molecular complexity index is 606. The first-order valence-corrected chi connectivity index (χ1v) is 7.12.